The van der Waals surface area contributed by atoms with E-state index in [1.807, 2.05) is 0 Å². The highest BCUT2D eigenvalue weighted by Gasteiger charge is 2.22. The molecule has 0 fully saturated rings. The minimum atomic E-state index is -4.75. The molecule has 0 aromatic carbocycles. The van der Waals surface area contributed by atoms with Gasteiger partial charge in [0.1, 0.15) is 6.61 Å². The van der Waals surface area contributed by atoms with Gasteiger partial charge in [-0.25, -0.2) is 4.57 Å². The van der Waals surface area contributed by atoms with Crippen molar-refractivity contribution in [1.29, 1.82) is 0 Å². The first-order chi connectivity index (χ1) is 17.6. The molecule has 0 saturated heterocycles. The Balaban J connectivity index is 4.09. The predicted octanol–water partition coefficient (Wildman–Crippen LogP) is 5.34. The number of nitrogens with one attached hydrogen (secondary N) is 1. The summed E-state index contributed by atoms with van der Waals surface area (Å²) in [6, 6.07) is 0. The van der Waals surface area contributed by atoms with E-state index in [0.717, 1.165) is 44.9 Å². The largest absolute Gasteiger partial charge is 0.469 e. The Hall–Kier alpha value is -1.48. The molecule has 0 aliphatic rings. The van der Waals surface area contributed by atoms with Gasteiger partial charge < -0.3 is 24.6 Å². The molecule has 37 heavy (non-hydrogen) atoms. The van der Waals surface area contributed by atoms with E-state index in [4.69, 9.17) is 19.3 Å². The summed E-state index contributed by atoms with van der Waals surface area (Å²) in [4.78, 5) is 52.9. The van der Waals surface area contributed by atoms with Gasteiger partial charge in [-0.2, -0.15) is 0 Å². The first-order valence-corrected chi connectivity index (χ1v) is 15.5. The fraction of sp³-hybridized carbons (Fsp3) is 0.885. The lowest BCUT2D eigenvalue weighted by molar-refractivity contribution is -0.161. The van der Waals surface area contributed by atoms with Gasteiger partial charge in [-0.05, 0) is 19.3 Å². The van der Waals surface area contributed by atoms with Crippen LogP contribution >= 0.6 is 7.82 Å². The van der Waals surface area contributed by atoms with Crippen LogP contribution < -0.4 is 5.32 Å². The van der Waals surface area contributed by atoms with Crippen molar-refractivity contribution in [3.05, 3.63) is 0 Å². The van der Waals surface area contributed by atoms with Crippen molar-refractivity contribution in [2.75, 3.05) is 19.8 Å². The Labute approximate surface area is 222 Å². The molecule has 0 aromatic rings. The number of hydrogen-bond donors (Lipinski definition) is 3. The molecule has 0 bridgehead atoms. The molecule has 218 valence electrons. The van der Waals surface area contributed by atoms with Crippen LogP contribution in [-0.4, -0.2) is 53.5 Å². The lowest BCUT2D eigenvalue weighted by Crippen LogP contribution is -2.29. The summed E-state index contributed by atoms with van der Waals surface area (Å²) in [6.45, 7) is 3.45. The number of esters is 2. The summed E-state index contributed by atoms with van der Waals surface area (Å²) < 4.78 is 25.9. The summed E-state index contributed by atoms with van der Waals surface area (Å²) in [6.07, 6.45) is 14.9. The molecule has 1 amide bonds. The first-order valence-electron chi connectivity index (χ1n) is 13.9. The number of phosphoric acid groups is 1. The molecule has 0 aromatic heterocycles. The summed E-state index contributed by atoms with van der Waals surface area (Å²) in [5.74, 6) is -1.02. The lowest BCUT2D eigenvalue weighted by Gasteiger charge is -2.18. The van der Waals surface area contributed by atoms with E-state index in [0.29, 0.717) is 19.4 Å². The number of carbonyl (C=O) groups is 3. The summed E-state index contributed by atoms with van der Waals surface area (Å²) in [7, 11) is -4.75. The highest BCUT2D eigenvalue weighted by molar-refractivity contribution is 7.46. The lowest BCUT2D eigenvalue weighted by atomic mass is 10.1. The van der Waals surface area contributed by atoms with Crippen molar-refractivity contribution in [3.8, 4) is 0 Å². The number of phosphoric ester groups is 1. The van der Waals surface area contributed by atoms with E-state index in [1.54, 1.807) is 0 Å². The van der Waals surface area contributed by atoms with Crippen LogP contribution in [0.5, 0.6) is 0 Å². The summed E-state index contributed by atoms with van der Waals surface area (Å²) in [5, 5.41) is 2.74. The van der Waals surface area contributed by atoms with Crippen molar-refractivity contribution in [2.24, 2.45) is 0 Å². The van der Waals surface area contributed by atoms with Gasteiger partial charge in [-0.15, -0.1) is 0 Å². The second-order valence-electron chi connectivity index (χ2n) is 9.51. The van der Waals surface area contributed by atoms with Gasteiger partial charge >= 0.3 is 19.8 Å². The maximum atomic E-state index is 12.2. The number of unbranched alkanes of at least 4 members (excludes halogenated alkanes) is 13. The summed E-state index contributed by atoms with van der Waals surface area (Å²) >= 11 is 0. The van der Waals surface area contributed by atoms with Gasteiger partial charge in [0.05, 0.1) is 6.61 Å². The Kier molecular flexibility index (Phi) is 22.7. The molecule has 0 rings (SSSR count). The molecular weight excluding hydrogens is 501 g/mol. The number of rotatable bonds is 25. The van der Waals surface area contributed by atoms with Gasteiger partial charge in [0.2, 0.25) is 5.91 Å². The highest BCUT2D eigenvalue weighted by Crippen LogP contribution is 2.35. The normalized spacial score (nSPS) is 12.2. The second-order valence-corrected chi connectivity index (χ2v) is 10.8. The van der Waals surface area contributed by atoms with E-state index in [9.17, 15) is 18.9 Å². The minimum absolute atomic E-state index is 0.0447. The topological polar surface area (TPSA) is 148 Å². The van der Waals surface area contributed by atoms with Crippen molar-refractivity contribution in [3.63, 3.8) is 0 Å². The van der Waals surface area contributed by atoms with E-state index in [1.165, 1.54) is 45.4 Å². The molecule has 1 atom stereocenters. The Morgan fingerprint density at radius 3 is 1.73 bits per heavy atom. The number of hydrogen-bond acceptors (Lipinski definition) is 7. The quantitative estimate of drug-likeness (QED) is 0.0776. The SMILES string of the molecule is CCCCCCCCCCCCC(=O)O[C@@H](COC(=O)CCCCCCCNC(C)=O)COP(=O)(O)O. The smallest absolute Gasteiger partial charge is 0.462 e. The first kappa shape index (κ1) is 35.5. The number of ether oxygens (including phenoxy) is 2. The average Bonchev–Trinajstić information content (AvgIpc) is 2.83. The maximum absolute atomic E-state index is 12.2. The van der Waals surface area contributed by atoms with E-state index < -0.39 is 32.5 Å². The van der Waals surface area contributed by atoms with Crippen LogP contribution in [0.1, 0.15) is 123 Å². The molecule has 0 saturated carbocycles. The predicted molar refractivity (Wildman–Crippen MR) is 142 cm³/mol. The average molecular weight is 552 g/mol. The molecule has 0 unspecified atom stereocenters. The zero-order valence-corrected chi connectivity index (χ0v) is 23.8. The van der Waals surface area contributed by atoms with Crippen LogP contribution in [0.3, 0.4) is 0 Å². The molecule has 0 radical (unpaired) electrons. The minimum Gasteiger partial charge on any atom is -0.462 e. The second kappa shape index (κ2) is 23.6. The molecule has 0 heterocycles. The van der Waals surface area contributed by atoms with Gasteiger partial charge in [-0.3, -0.25) is 18.9 Å². The van der Waals surface area contributed by atoms with Crippen molar-refractivity contribution in [1.82, 2.24) is 5.32 Å². The van der Waals surface area contributed by atoms with Gasteiger partial charge in [-0.1, -0.05) is 84.0 Å². The molecule has 0 spiro atoms. The zero-order valence-electron chi connectivity index (χ0n) is 22.9. The Morgan fingerprint density at radius 2 is 1.22 bits per heavy atom. The Morgan fingerprint density at radius 1 is 0.730 bits per heavy atom. The van der Waals surface area contributed by atoms with Crippen LogP contribution in [0, 0.1) is 0 Å². The molecule has 11 heteroatoms. The highest BCUT2D eigenvalue weighted by atomic mass is 31.2. The van der Waals surface area contributed by atoms with Crippen LogP contribution in [0.2, 0.25) is 0 Å². The van der Waals surface area contributed by atoms with Gasteiger partial charge in [0.15, 0.2) is 6.10 Å². The molecule has 0 aliphatic carbocycles. The molecule has 10 nitrogen and oxygen atoms in total. The van der Waals surface area contributed by atoms with Gasteiger partial charge in [0, 0.05) is 26.3 Å². The monoisotopic (exact) mass is 551 g/mol. The third-order valence-corrected chi connectivity index (χ3v) is 6.31. The number of carbonyl (C=O) groups excluding carboxylic acids is 3. The van der Waals surface area contributed by atoms with Crippen LogP contribution in [0.4, 0.5) is 0 Å². The molecule has 0 aliphatic heterocycles. The standard InChI is InChI=1S/C26H50NO9P/c1-3-4-5-6-7-8-9-10-12-16-19-26(30)36-24(22-35-37(31,32)33)21-34-25(29)18-15-13-11-14-17-20-27-23(2)28/h24H,3-22H2,1-2H3,(H,27,28)(H2,31,32,33)/t24-/m0/s1. The van der Waals surface area contributed by atoms with Crippen molar-refractivity contribution >= 4 is 25.7 Å². The number of amides is 1. The third kappa shape index (κ3) is 27.4. The van der Waals surface area contributed by atoms with Crippen LogP contribution in [0.25, 0.3) is 0 Å². The van der Waals surface area contributed by atoms with Crippen molar-refractivity contribution in [2.45, 2.75) is 129 Å². The van der Waals surface area contributed by atoms with E-state index in [2.05, 4.69) is 16.8 Å². The molecule has 3 N–H and O–H groups in total. The third-order valence-electron chi connectivity index (χ3n) is 5.82. The summed E-state index contributed by atoms with van der Waals surface area (Å²) in [5.41, 5.74) is 0. The van der Waals surface area contributed by atoms with E-state index >= 15 is 0 Å². The van der Waals surface area contributed by atoms with Crippen LogP contribution in [-0.2, 0) is 32.9 Å². The fourth-order valence-electron chi connectivity index (χ4n) is 3.75. The maximum Gasteiger partial charge on any atom is 0.469 e. The fourth-order valence-corrected chi connectivity index (χ4v) is 4.11. The molecular formula is C26H50NO9P. The van der Waals surface area contributed by atoms with Crippen LogP contribution in [0.15, 0.2) is 0 Å². The van der Waals surface area contributed by atoms with E-state index in [-0.39, 0.29) is 25.4 Å². The Bertz CT molecular complexity index is 654. The van der Waals surface area contributed by atoms with Gasteiger partial charge in [0.25, 0.3) is 0 Å². The van der Waals surface area contributed by atoms with Crippen molar-refractivity contribution < 1.29 is 42.7 Å². The zero-order chi connectivity index (χ0) is 27.8.